The van der Waals surface area contributed by atoms with Crippen molar-refractivity contribution >= 4 is 0 Å². The normalized spacial score (nSPS) is 1.00. The zero-order valence-electron chi connectivity index (χ0n) is 2.15. The molecule has 0 N–H and O–H groups in total. The van der Waals surface area contributed by atoms with Gasteiger partial charge in [0.05, 0.1) is 0 Å². The molecule has 0 saturated heterocycles. The van der Waals surface area contributed by atoms with E-state index in [1.807, 2.05) is 0 Å². The summed E-state index contributed by atoms with van der Waals surface area (Å²) in [6.07, 6.45) is 18.0. The van der Waals surface area contributed by atoms with Crippen molar-refractivity contribution in [3.63, 3.8) is 0 Å². The smallest absolute Gasteiger partial charge is 0.377 e. The van der Waals surface area contributed by atoms with E-state index < -0.39 is 0 Å². The van der Waals surface area contributed by atoms with Crippen molar-refractivity contribution in [3.05, 3.63) is 12.8 Å². The summed E-state index contributed by atoms with van der Waals surface area (Å²) < 4.78 is 0. The Balaban J connectivity index is 0. The predicted octanol–water partition coefficient (Wildman–Crippen LogP) is 0.412. The molecule has 0 spiro atoms. The van der Waals surface area contributed by atoms with Crippen LogP contribution < -0.4 is 0 Å². The van der Waals surface area contributed by atoms with Gasteiger partial charge in [-0.3, -0.25) is 0 Å². The van der Waals surface area contributed by atoms with Gasteiger partial charge in [-0.15, -0.1) is 0 Å². The quantitative estimate of drug-likeness (QED) is 0.275. The summed E-state index contributed by atoms with van der Waals surface area (Å²) in [5, 5.41) is 0. The minimum Gasteiger partial charge on any atom is -0.697 e. The number of rotatable bonds is 0. The maximum atomic E-state index is 5.25. The highest BCUT2D eigenvalue weighted by molar-refractivity contribution is 4.23. The summed E-state index contributed by atoms with van der Waals surface area (Å²) in [6.45, 7) is 0. The van der Waals surface area contributed by atoms with Crippen molar-refractivity contribution in [2.24, 2.45) is 0 Å². The van der Waals surface area contributed by atoms with Gasteiger partial charge in [0, 0.05) is 0 Å². The maximum absolute atomic E-state index is 5.25. The van der Waals surface area contributed by atoms with E-state index in [2.05, 4.69) is 12.8 Å². The maximum Gasteiger partial charge on any atom is -0.377 e. The molecule has 0 nitrogen and oxygen atoms in total. The van der Waals surface area contributed by atoms with Crippen LogP contribution in [0.15, 0.2) is 0 Å². The third-order valence-corrected chi connectivity index (χ3v) is 0. The molecule has 0 aromatic heterocycles. The zero-order valence-corrected chi connectivity index (χ0v) is 2.15. The Hall–Kier alpha value is -0.880. The molecule has 0 rings (SSSR count). The van der Waals surface area contributed by atoms with Crippen molar-refractivity contribution in [2.75, 3.05) is 0 Å². The van der Waals surface area contributed by atoms with Crippen molar-refractivity contribution in [2.45, 2.75) is 0 Å². The van der Waals surface area contributed by atoms with Gasteiger partial charge < -0.3 is 25.7 Å². The first-order valence-corrected chi connectivity index (χ1v) is 0.577. The highest BCUT2D eigenvalue weighted by Gasteiger charge is 0.0641. The number of hydrogen-bond donors (Lipinski definition) is 0. The molecular formula is C4H2-2. The number of terminal acetylenes is 2. The summed E-state index contributed by atoms with van der Waals surface area (Å²) >= 11 is 0. The van der Waals surface area contributed by atoms with Gasteiger partial charge in [0.25, 0.3) is 0 Å². The zero-order chi connectivity index (χ0) is 4.00. The van der Waals surface area contributed by atoms with Crippen LogP contribution >= 0.6 is 0 Å². The lowest BCUT2D eigenvalue weighted by atomic mass is 11.4. The van der Waals surface area contributed by atoms with E-state index in [1.165, 1.54) is 0 Å². The third kappa shape index (κ3) is 0.0208. The summed E-state index contributed by atoms with van der Waals surface area (Å²) in [4.78, 5) is 0. The molecule has 0 saturated carbocycles. The lowest BCUT2D eigenvalue weighted by Gasteiger charge is -1.14. The Morgan fingerprint density at radius 2 is 0.750 bits per heavy atom. The van der Waals surface area contributed by atoms with Crippen LogP contribution in [0.5, 0.6) is 0 Å². The van der Waals surface area contributed by atoms with Crippen LogP contribution in [-0.4, -0.2) is 0 Å². The molecular weight excluding hydrogens is 48.0 g/mol. The van der Waals surface area contributed by atoms with Gasteiger partial charge in [-0.2, -0.15) is 0 Å². The van der Waals surface area contributed by atoms with E-state index in [0.717, 1.165) is 0 Å². The minimum absolute atomic E-state index is 3.75. The fraction of sp³-hybridized carbons (Fsp3) is 0. The molecule has 0 aliphatic heterocycles. The monoisotopic (exact) mass is 50.0 g/mol. The predicted molar refractivity (Wildman–Crippen MR) is 16.4 cm³/mol. The summed E-state index contributed by atoms with van der Waals surface area (Å²) in [5.41, 5.74) is 0. The van der Waals surface area contributed by atoms with Gasteiger partial charge in [0.1, 0.15) is 0 Å². The van der Waals surface area contributed by atoms with Crippen LogP contribution in [-0.2, 0) is 0 Å². The number of hydrogen-bond acceptors (Lipinski definition) is 0. The van der Waals surface area contributed by atoms with Gasteiger partial charge >= 0.3 is 0 Å². The second kappa shape index (κ2) is 3.43. The molecule has 0 atom stereocenters. The van der Waals surface area contributed by atoms with Crippen LogP contribution in [0.1, 0.15) is 0 Å². The molecule has 0 fully saturated rings. The van der Waals surface area contributed by atoms with Crippen LogP contribution in [0.3, 0.4) is 0 Å². The van der Waals surface area contributed by atoms with E-state index >= 15 is 0 Å². The Bertz CT molecular complexity index is 15.5. The first kappa shape index (κ1) is 11.2. The molecule has 0 radical (unpaired) electrons. The Labute approximate surface area is 26.8 Å². The Morgan fingerprint density at radius 3 is 0.750 bits per heavy atom. The molecule has 0 aromatic carbocycles. The fourth-order valence-electron chi connectivity index (χ4n) is 0. The lowest BCUT2D eigenvalue weighted by Crippen LogP contribution is -0.537. The van der Waals surface area contributed by atoms with E-state index in [9.17, 15) is 0 Å². The highest BCUT2D eigenvalue weighted by Crippen LogP contribution is 0.622. The third-order valence-electron chi connectivity index (χ3n) is 0. The standard InChI is InChI=1S/2C2H/c2*1-2/h2*1H/q2*-1. The molecule has 0 heterocycles. The molecule has 0 aliphatic rings. The highest BCUT2D eigenvalue weighted by atomic mass is 12.6. The van der Waals surface area contributed by atoms with Gasteiger partial charge in [0.2, 0.25) is 0 Å². The summed E-state index contributed by atoms with van der Waals surface area (Å²) in [5.74, 6) is 0. The SMILES string of the molecule is [C-]#C.[C-]#C. The Kier molecular flexibility index (Phi) is 9.60. The van der Waals surface area contributed by atoms with Crippen LogP contribution in [0.4, 0.5) is 0 Å². The second-order valence-electron chi connectivity index (χ2n) is 0. The first-order chi connectivity index (χ1) is 2.00. The summed E-state index contributed by atoms with van der Waals surface area (Å²) in [7, 11) is 0. The lowest BCUT2D eigenvalue weighted by molar-refractivity contribution is 2.90. The Morgan fingerprint density at radius 1 is 0.750 bits per heavy atom. The van der Waals surface area contributed by atoms with Crippen LogP contribution in [0, 0.1) is 25.7 Å². The summed E-state index contributed by atoms with van der Waals surface area (Å²) in [6, 6.07) is 0. The average molecular weight is 50.1 g/mol. The molecule has 0 aromatic rings. The van der Waals surface area contributed by atoms with Crippen LogP contribution in [0.2, 0.25) is 0 Å². The molecule has 0 bridgehead atoms. The fourth-order valence-corrected chi connectivity index (χ4v) is 0. The molecule has 0 heteroatoms. The van der Waals surface area contributed by atoms with Gasteiger partial charge in [0.15, 0.2) is 0 Å². The van der Waals surface area contributed by atoms with E-state index in [0.29, 0.717) is 0 Å². The van der Waals surface area contributed by atoms with Crippen molar-refractivity contribution in [1.82, 2.24) is 0 Å². The molecule has 0 unspecified atom stereocenters. The first-order valence-electron chi connectivity index (χ1n) is 0.577. The van der Waals surface area contributed by atoms with Gasteiger partial charge in [-0.05, 0) is 0 Å². The van der Waals surface area contributed by atoms with Crippen LogP contribution in [0.25, 0.3) is 0 Å². The molecule has 20 valence electrons. The average Bonchev–Trinajstić information content (AvgIpc) is 1.50. The topological polar surface area (TPSA) is 0 Å². The van der Waals surface area contributed by atoms with Crippen molar-refractivity contribution in [1.29, 1.82) is 0 Å². The van der Waals surface area contributed by atoms with Gasteiger partial charge in [-0.25, -0.2) is 0 Å². The van der Waals surface area contributed by atoms with E-state index in [-0.39, 0.29) is 0 Å². The van der Waals surface area contributed by atoms with E-state index in [4.69, 9.17) is 12.8 Å². The molecule has 4 heavy (non-hydrogen) atoms. The van der Waals surface area contributed by atoms with Gasteiger partial charge in [-0.1, -0.05) is 0 Å². The minimum atomic E-state index is 3.75. The molecule has 0 amide bonds. The van der Waals surface area contributed by atoms with Crippen molar-refractivity contribution in [3.8, 4) is 12.8 Å². The van der Waals surface area contributed by atoms with Crippen molar-refractivity contribution < 1.29 is 0 Å². The second-order valence-corrected chi connectivity index (χ2v) is 0. The largest absolute Gasteiger partial charge is 0.697 e. The van der Waals surface area contributed by atoms with E-state index in [1.54, 1.807) is 0 Å². The molecule has 0 aliphatic carbocycles.